The number of rotatable bonds is 3. The zero-order valence-electron chi connectivity index (χ0n) is 16.3. The van der Waals surface area contributed by atoms with Crippen molar-refractivity contribution in [1.29, 1.82) is 0 Å². The molecule has 0 atom stereocenters. The molecule has 1 aliphatic heterocycles. The lowest BCUT2D eigenvalue weighted by Crippen LogP contribution is -2.13. The smallest absolute Gasteiger partial charge is 0.285 e. The molecule has 0 saturated carbocycles. The standard InChI is InChI=1S/C22H16N4O3S2/c1-13-5-4-7-17-19(13)24-22(30-17)25-21(27)14-9-11-15(12-10-14)23-20-16-6-2-3-8-18(16)31(28,29)26-20/h2-12H,1H3,(H,23,26)(H,24,25,27). The first-order chi connectivity index (χ1) is 14.9. The van der Waals surface area contributed by atoms with Gasteiger partial charge in [-0.2, -0.15) is 8.42 Å². The molecule has 0 spiro atoms. The van der Waals surface area contributed by atoms with Crippen LogP contribution in [0.15, 0.2) is 76.0 Å². The molecule has 0 radical (unpaired) electrons. The summed E-state index contributed by atoms with van der Waals surface area (Å²) >= 11 is 1.42. The lowest BCUT2D eigenvalue weighted by Gasteiger charge is -2.07. The monoisotopic (exact) mass is 448 g/mol. The van der Waals surface area contributed by atoms with Crippen LogP contribution in [0.5, 0.6) is 0 Å². The first-order valence-electron chi connectivity index (χ1n) is 9.40. The predicted molar refractivity (Wildman–Crippen MR) is 123 cm³/mol. The van der Waals surface area contributed by atoms with Crippen molar-refractivity contribution in [3.8, 4) is 0 Å². The molecule has 5 rings (SSSR count). The van der Waals surface area contributed by atoms with E-state index in [0.717, 1.165) is 15.8 Å². The summed E-state index contributed by atoms with van der Waals surface area (Å²) in [5, 5.41) is 6.40. The van der Waals surface area contributed by atoms with E-state index < -0.39 is 10.0 Å². The molecule has 7 nitrogen and oxygen atoms in total. The fourth-order valence-corrected chi connectivity index (χ4v) is 5.46. The van der Waals surface area contributed by atoms with Crippen molar-refractivity contribution in [1.82, 2.24) is 4.98 Å². The molecule has 2 heterocycles. The van der Waals surface area contributed by atoms with Crippen LogP contribution in [-0.4, -0.2) is 25.1 Å². The predicted octanol–water partition coefficient (Wildman–Crippen LogP) is 4.42. The van der Waals surface area contributed by atoms with Crippen LogP contribution in [0.3, 0.4) is 0 Å². The van der Waals surface area contributed by atoms with E-state index >= 15 is 0 Å². The van der Waals surface area contributed by atoms with Gasteiger partial charge in [-0.15, -0.1) is 4.40 Å². The molecule has 1 aromatic heterocycles. The van der Waals surface area contributed by atoms with Gasteiger partial charge < -0.3 is 5.32 Å². The second-order valence-corrected chi connectivity index (χ2v) is 9.61. The highest BCUT2D eigenvalue weighted by atomic mass is 32.2. The fraction of sp³-hybridized carbons (Fsp3) is 0.0455. The summed E-state index contributed by atoms with van der Waals surface area (Å²) < 4.78 is 29.2. The van der Waals surface area contributed by atoms with Gasteiger partial charge in [0.15, 0.2) is 11.0 Å². The summed E-state index contributed by atoms with van der Waals surface area (Å²) in [7, 11) is -3.69. The molecule has 1 amide bonds. The first kappa shape index (κ1) is 19.4. The van der Waals surface area contributed by atoms with Crippen LogP contribution in [-0.2, 0) is 10.0 Å². The summed E-state index contributed by atoms with van der Waals surface area (Å²) in [4.78, 5) is 17.3. The highest BCUT2D eigenvalue weighted by Gasteiger charge is 2.28. The molecule has 3 aromatic carbocycles. The summed E-state index contributed by atoms with van der Waals surface area (Å²) in [6.45, 7) is 1.98. The number of hydrogen-bond donors (Lipinski definition) is 2. The Labute approximate surface area is 182 Å². The molecule has 31 heavy (non-hydrogen) atoms. The number of benzene rings is 3. The van der Waals surface area contributed by atoms with E-state index in [1.165, 1.54) is 17.4 Å². The number of fused-ring (bicyclic) bond motifs is 2. The third-order valence-corrected chi connectivity index (χ3v) is 7.15. The molecule has 154 valence electrons. The number of amidine groups is 1. The molecular formula is C22H16N4O3S2. The number of thiazole rings is 1. The second kappa shape index (κ2) is 7.29. The first-order valence-corrected chi connectivity index (χ1v) is 11.7. The normalized spacial score (nSPS) is 14.2. The van der Waals surface area contributed by atoms with Crippen molar-refractivity contribution in [2.45, 2.75) is 11.8 Å². The Hall–Kier alpha value is -3.56. The highest BCUT2D eigenvalue weighted by Crippen LogP contribution is 2.29. The van der Waals surface area contributed by atoms with Gasteiger partial charge in [0, 0.05) is 16.8 Å². The molecule has 2 N–H and O–H groups in total. The number of aryl methyl sites for hydroxylation is 1. The van der Waals surface area contributed by atoms with Gasteiger partial charge >= 0.3 is 0 Å². The number of nitrogens with zero attached hydrogens (tertiary/aromatic N) is 2. The van der Waals surface area contributed by atoms with Crippen LogP contribution in [0.2, 0.25) is 0 Å². The quantitative estimate of drug-likeness (QED) is 0.483. The van der Waals surface area contributed by atoms with Crippen LogP contribution < -0.4 is 10.6 Å². The Kier molecular flexibility index (Phi) is 4.57. The van der Waals surface area contributed by atoms with E-state index in [-0.39, 0.29) is 16.6 Å². The number of para-hydroxylation sites is 1. The third kappa shape index (κ3) is 3.58. The lowest BCUT2D eigenvalue weighted by molar-refractivity contribution is 0.102. The van der Waals surface area contributed by atoms with Gasteiger partial charge in [0.05, 0.1) is 10.2 Å². The van der Waals surface area contributed by atoms with Crippen LogP contribution in [0.1, 0.15) is 21.5 Å². The van der Waals surface area contributed by atoms with Gasteiger partial charge in [-0.05, 0) is 55.0 Å². The molecule has 0 unspecified atom stereocenters. The number of carbonyl (C=O) groups excluding carboxylic acids is 1. The Bertz CT molecular complexity index is 1470. The molecular weight excluding hydrogens is 432 g/mol. The van der Waals surface area contributed by atoms with Gasteiger partial charge in [0.1, 0.15) is 4.90 Å². The van der Waals surface area contributed by atoms with E-state index in [4.69, 9.17) is 0 Å². The van der Waals surface area contributed by atoms with Gasteiger partial charge in [0.25, 0.3) is 15.9 Å². The molecule has 0 bridgehead atoms. The minimum absolute atomic E-state index is 0.180. The third-order valence-electron chi connectivity index (χ3n) is 4.88. The van der Waals surface area contributed by atoms with Crippen LogP contribution in [0.4, 0.5) is 10.8 Å². The fourth-order valence-electron chi connectivity index (χ4n) is 3.35. The second-order valence-electron chi connectivity index (χ2n) is 7.01. The Balaban J connectivity index is 1.33. The Morgan fingerprint density at radius 3 is 2.52 bits per heavy atom. The summed E-state index contributed by atoms with van der Waals surface area (Å²) in [6, 6.07) is 19.3. The number of sulfonamides is 1. The molecule has 4 aromatic rings. The number of carbonyl (C=O) groups is 1. The van der Waals surface area contributed by atoms with Crippen molar-refractivity contribution in [3.63, 3.8) is 0 Å². The van der Waals surface area contributed by atoms with E-state index in [2.05, 4.69) is 20.0 Å². The SMILES string of the molecule is Cc1cccc2sc(NC(=O)c3ccc(NC4=NS(=O)(=O)c5ccccc54)cc3)nc12. The molecule has 9 heteroatoms. The average Bonchev–Trinajstić information content (AvgIpc) is 3.28. The summed E-state index contributed by atoms with van der Waals surface area (Å²) in [5.74, 6) is -0.00737. The summed E-state index contributed by atoms with van der Waals surface area (Å²) in [5.41, 5.74) is 3.55. The van der Waals surface area contributed by atoms with Gasteiger partial charge in [-0.25, -0.2) is 4.98 Å². The van der Waals surface area contributed by atoms with Crippen molar-refractivity contribution in [2.24, 2.45) is 4.40 Å². The van der Waals surface area contributed by atoms with Gasteiger partial charge in [-0.3, -0.25) is 10.1 Å². The van der Waals surface area contributed by atoms with Crippen molar-refractivity contribution >= 4 is 54.1 Å². The van der Waals surface area contributed by atoms with Crippen molar-refractivity contribution in [3.05, 3.63) is 83.4 Å². The maximum Gasteiger partial charge on any atom is 0.285 e. The van der Waals surface area contributed by atoms with Crippen molar-refractivity contribution in [2.75, 3.05) is 10.6 Å². The number of aromatic nitrogens is 1. The van der Waals surface area contributed by atoms with E-state index in [1.807, 2.05) is 25.1 Å². The summed E-state index contributed by atoms with van der Waals surface area (Å²) in [6.07, 6.45) is 0. The van der Waals surface area contributed by atoms with Gasteiger partial charge in [0.2, 0.25) is 0 Å². The Morgan fingerprint density at radius 1 is 0.968 bits per heavy atom. The highest BCUT2D eigenvalue weighted by molar-refractivity contribution is 7.90. The van der Waals surface area contributed by atoms with E-state index in [1.54, 1.807) is 42.5 Å². The van der Waals surface area contributed by atoms with E-state index in [0.29, 0.717) is 21.9 Å². The average molecular weight is 449 g/mol. The largest absolute Gasteiger partial charge is 0.339 e. The minimum Gasteiger partial charge on any atom is -0.339 e. The Morgan fingerprint density at radius 2 is 1.74 bits per heavy atom. The van der Waals surface area contributed by atoms with Crippen LogP contribution in [0, 0.1) is 6.92 Å². The van der Waals surface area contributed by atoms with Crippen LogP contribution >= 0.6 is 11.3 Å². The number of amides is 1. The zero-order valence-corrected chi connectivity index (χ0v) is 17.9. The molecule has 0 saturated heterocycles. The molecule has 0 fully saturated rings. The zero-order chi connectivity index (χ0) is 21.6. The topological polar surface area (TPSA) is 101 Å². The molecule has 1 aliphatic rings. The van der Waals surface area contributed by atoms with E-state index in [9.17, 15) is 13.2 Å². The maximum atomic E-state index is 12.6. The number of anilines is 2. The van der Waals surface area contributed by atoms with Crippen molar-refractivity contribution < 1.29 is 13.2 Å². The minimum atomic E-state index is -3.69. The maximum absolute atomic E-state index is 12.6. The van der Waals surface area contributed by atoms with Crippen LogP contribution in [0.25, 0.3) is 10.2 Å². The molecule has 0 aliphatic carbocycles. The number of nitrogens with one attached hydrogen (secondary N) is 2. The lowest BCUT2D eigenvalue weighted by atomic mass is 10.1. The number of hydrogen-bond acceptors (Lipinski definition) is 6. The van der Waals surface area contributed by atoms with Gasteiger partial charge in [-0.1, -0.05) is 35.6 Å².